The first-order chi connectivity index (χ1) is 7.17. The lowest BCUT2D eigenvalue weighted by Gasteiger charge is -2.14. The third-order valence-electron chi connectivity index (χ3n) is 1.77. The summed E-state index contributed by atoms with van der Waals surface area (Å²) in [6, 6.07) is 1.62. The zero-order chi connectivity index (χ0) is 11.3. The minimum atomic E-state index is -0.335. The molecule has 0 saturated carbocycles. The van der Waals surface area contributed by atoms with E-state index in [1.54, 1.807) is 20.3 Å². The van der Waals surface area contributed by atoms with E-state index in [2.05, 4.69) is 10.3 Å². The summed E-state index contributed by atoms with van der Waals surface area (Å²) in [5.41, 5.74) is 0. The summed E-state index contributed by atoms with van der Waals surface area (Å²) in [6.45, 7) is 0.460. The Hall–Kier alpha value is -0.550. The van der Waals surface area contributed by atoms with Crippen molar-refractivity contribution in [1.29, 1.82) is 0 Å². The van der Waals surface area contributed by atoms with E-state index in [0.717, 1.165) is 0 Å². The van der Waals surface area contributed by atoms with Crippen LogP contribution in [0.3, 0.4) is 0 Å². The van der Waals surface area contributed by atoms with E-state index >= 15 is 0 Å². The molecular weight excluding hydrogens is 239 g/mol. The first kappa shape index (κ1) is 12.5. The summed E-state index contributed by atoms with van der Waals surface area (Å²) in [5.74, 6) is 0.556. The van der Waals surface area contributed by atoms with Gasteiger partial charge in [-0.3, -0.25) is 0 Å². The lowest BCUT2D eigenvalue weighted by atomic mass is 10.4. The fourth-order valence-electron chi connectivity index (χ4n) is 0.988. The Morgan fingerprint density at radius 1 is 1.40 bits per heavy atom. The van der Waals surface area contributed by atoms with E-state index in [-0.39, 0.29) is 6.29 Å². The highest BCUT2D eigenvalue weighted by Crippen LogP contribution is 2.22. The Kier molecular flexibility index (Phi) is 5.11. The molecule has 1 rings (SSSR count). The van der Waals surface area contributed by atoms with E-state index < -0.39 is 0 Å². The highest BCUT2D eigenvalue weighted by Gasteiger charge is 2.07. The second-order valence-electron chi connectivity index (χ2n) is 2.77. The number of halogens is 2. The van der Waals surface area contributed by atoms with Gasteiger partial charge in [-0.05, 0) is 6.07 Å². The van der Waals surface area contributed by atoms with Gasteiger partial charge in [0, 0.05) is 20.4 Å². The molecule has 0 amide bonds. The molecule has 4 nitrogen and oxygen atoms in total. The number of aromatic nitrogens is 1. The van der Waals surface area contributed by atoms with Crippen LogP contribution in [0.1, 0.15) is 0 Å². The molecule has 0 aliphatic carbocycles. The molecule has 0 aliphatic heterocycles. The van der Waals surface area contributed by atoms with Gasteiger partial charge in [0.25, 0.3) is 0 Å². The predicted molar refractivity (Wildman–Crippen MR) is 60.6 cm³/mol. The van der Waals surface area contributed by atoms with Crippen molar-refractivity contribution in [3.05, 3.63) is 22.3 Å². The SMILES string of the molecule is COC(CNc1ncc(Cl)cc1Cl)OC. The van der Waals surface area contributed by atoms with Crippen molar-refractivity contribution in [2.75, 3.05) is 26.1 Å². The summed E-state index contributed by atoms with van der Waals surface area (Å²) in [4.78, 5) is 4.03. The van der Waals surface area contributed by atoms with E-state index in [9.17, 15) is 0 Å². The maximum Gasteiger partial charge on any atom is 0.173 e. The average molecular weight is 251 g/mol. The molecule has 0 saturated heterocycles. The summed E-state index contributed by atoms with van der Waals surface area (Å²) in [5, 5.41) is 3.96. The number of nitrogens with zero attached hydrogens (tertiary/aromatic N) is 1. The van der Waals surface area contributed by atoms with Crippen LogP contribution >= 0.6 is 23.2 Å². The minimum Gasteiger partial charge on any atom is -0.364 e. The van der Waals surface area contributed by atoms with Crippen LogP contribution in [-0.2, 0) is 9.47 Å². The fourth-order valence-corrected chi connectivity index (χ4v) is 1.43. The smallest absolute Gasteiger partial charge is 0.173 e. The van der Waals surface area contributed by atoms with Gasteiger partial charge in [-0.2, -0.15) is 0 Å². The zero-order valence-corrected chi connectivity index (χ0v) is 9.97. The number of pyridine rings is 1. The van der Waals surface area contributed by atoms with Crippen LogP contribution in [0.15, 0.2) is 12.3 Å². The Morgan fingerprint density at radius 3 is 2.60 bits per heavy atom. The van der Waals surface area contributed by atoms with Crippen LogP contribution in [0.2, 0.25) is 10.0 Å². The molecule has 1 aromatic heterocycles. The van der Waals surface area contributed by atoms with Gasteiger partial charge in [-0.25, -0.2) is 4.98 Å². The zero-order valence-electron chi connectivity index (χ0n) is 8.46. The van der Waals surface area contributed by atoms with E-state index in [1.165, 1.54) is 6.20 Å². The third kappa shape index (κ3) is 3.83. The Labute approximate surface area is 98.5 Å². The number of nitrogens with one attached hydrogen (secondary N) is 1. The van der Waals surface area contributed by atoms with Crippen molar-refractivity contribution < 1.29 is 9.47 Å². The highest BCUT2D eigenvalue weighted by molar-refractivity contribution is 6.35. The Bertz CT molecular complexity index is 319. The second-order valence-corrected chi connectivity index (χ2v) is 3.61. The summed E-state index contributed by atoms with van der Waals surface area (Å²) < 4.78 is 10.0. The van der Waals surface area contributed by atoms with Gasteiger partial charge < -0.3 is 14.8 Å². The standard InChI is InChI=1S/C9H12Cl2N2O2/c1-14-8(15-2)5-13-9-7(11)3-6(10)4-12-9/h3-4,8H,5H2,1-2H3,(H,12,13). The topological polar surface area (TPSA) is 43.4 Å². The van der Waals surface area contributed by atoms with Crippen molar-refractivity contribution in [2.24, 2.45) is 0 Å². The Morgan fingerprint density at radius 2 is 2.07 bits per heavy atom. The van der Waals surface area contributed by atoms with Gasteiger partial charge >= 0.3 is 0 Å². The maximum atomic E-state index is 5.91. The van der Waals surface area contributed by atoms with Crippen LogP contribution in [-0.4, -0.2) is 32.0 Å². The van der Waals surface area contributed by atoms with Crippen LogP contribution in [0, 0.1) is 0 Å². The molecule has 1 N–H and O–H groups in total. The van der Waals surface area contributed by atoms with Crippen molar-refractivity contribution in [3.8, 4) is 0 Å². The molecule has 0 fully saturated rings. The van der Waals surface area contributed by atoms with E-state index in [1.807, 2.05) is 0 Å². The van der Waals surface area contributed by atoms with Crippen LogP contribution in [0.5, 0.6) is 0 Å². The molecule has 0 aromatic carbocycles. The number of hydrogen-bond acceptors (Lipinski definition) is 4. The van der Waals surface area contributed by atoms with Gasteiger partial charge in [0.05, 0.1) is 16.6 Å². The second kappa shape index (κ2) is 6.12. The van der Waals surface area contributed by atoms with Crippen molar-refractivity contribution in [3.63, 3.8) is 0 Å². The fraction of sp³-hybridized carbons (Fsp3) is 0.444. The van der Waals surface area contributed by atoms with Gasteiger partial charge in [0.15, 0.2) is 6.29 Å². The van der Waals surface area contributed by atoms with Crippen molar-refractivity contribution in [1.82, 2.24) is 4.98 Å². The average Bonchev–Trinajstić information content (AvgIpc) is 2.22. The number of hydrogen-bond donors (Lipinski definition) is 1. The first-order valence-corrected chi connectivity index (χ1v) is 5.03. The summed E-state index contributed by atoms with van der Waals surface area (Å²) in [6.07, 6.45) is 1.18. The van der Waals surface area contributed by atoms with Crippen molar-refractivity contribution in [2.45, 2.75) is 6.29 Å². The Balaban J connectivity index is 2.57. The molecule has 15 heavy (non-hydrogen) atoms. The third-order valence-corrected chi connectivity index (χ3v) is 2.26. The molecular formula is C9H12Cl2N2O2. The lowest BCUT2D eigenvalue weighted by molar-refractivity contribution is -0.0914. The normalized spacial score (nSPS) is 10.7. The van der Waals surface area contributed by atoms with E-state index in [4.69, 9.17) is 32.7 Å². The molecule has 6 heteroatoms. The first-order valence-electron chi connectivity index (χ1n) is 4.28. The van der Waals surface area contributed by atoms with E-state index in [0.29, 0.717) is 22.4 Å². The summed E-state index contributed by atoms with van der Waals surface area (Å²) in [7, 11) is 3.12. The van der Waals surface area contributed by atoms with Crippen LogP contribution < -0.4 is 5.32 Å². The summed E-state index contributed by atoms with van der Waals surface area (Å²) >= 11 is 11.6. The van der Waals surface area contributed by atoms with Crippen molar-refractivity contribution >= 4 is 29.0 Å². The van der Waals surface area contributed by atoms with Gasteiger partial charge in [0.2, 0.25) is 0 Å². The molecule has 1 aromatic rings. The minimum absolute atomic E-state index is 0.335. The molecule has 0 atom stereocenters. The molecule has 1 heterocycles. The quantitative estimate of drug-likeness (QED) is 0.816. The number of anilines is 1. The lowest BCUT2D eigenvalue weighted by Crippen LogP contribution is -2.24. The predicted octanol–water partition coefficient (Wildman–Crippen LogP) is 2.42. The number of rotatable bonds is 5. The molecule has 0 radical (unpaired) electrons. The van der Waals surface area contributed by atoms with Crippen LogP contribution in [0.25, 0.3) is 0 Å². The number of ether oxygens (including phenoxy) is 2. The van der Waals surface area contributed by atoms with Crippen LogP contribution in [0.4, 0.5) is 5.82 Å². The monoisotopic (exact) mass is 250 g/mol. The maximum absolute atomic E-state index is 5.91. The van der Waals surface area contributed by atoms with Gasteiger partial charge in [0.1, 0.15) is 5.82 Å². The molecule has 0 spiro atoms. The molecule has 0 unspecified atom stereocenters. The van der Waals surface area contributed by atoms with Gasteiger partial charge in [-0.15, -0.1) is 0 Å². The molecule has 84 valence electrons. The molecule has 0 bridgehead atoms. The van der Waals surface area contributed by atoms with Gasteiger partial charge in [-0.1, -0.05) is 23.2 Å². The largest absolute Gasteiger partial charge is 0.364 e. The molecule has 0 aliphatic rings. The number of methoxy groups -OCH3 is 2. The highest BCUT2D eigenvalue weighted by atomic mass is 35.5.